The molecule has 0 aliphatic carbocycles. The van der Waals surface area contributed by atoms with Gasteiger partial charge in [-0.25, -0.2) is 9.78 Å². The van der Waals surface area contributed by atoms with E-state index in [2.05, 4.69) is 22.5 Å². The molecule has 4 rings (SSSR count). The molecule has 1 aliphatic heterocycles. The van der Waals surface area contributed by atoms with Gasteiger partial charge in [0.25, 0.3) is 11.5 Å². The number of aromatic nitrogens is 3. The van der Waals surface area contributed by atoms with Crippen LogP contribution in [-0.2, 0) is 25.3 Å². The van der Waals surface area contributed by atoms with E-state index in [9.17, 15) is 19.2 Å². The maximum atomic E-state index is 12.7. The lowest BCUT2D eigenvalue weighted by Gasteiger charge is -2.12. The van der Waals surface area contributed by atoms with Crippen molar-refractivity contribution in [1.82, 2.24) is 19.4 Å². The van der Waals surface area contributed by atoms with Crippen LogP contribution in [0.1, 0.15) is 46.4 Å². The third-order valence-corrected chi connectivity index (χ3v) is 6.03. The first kappa shape index (κ1) is 21.5. The van der Waals surface area contributed by atoms with Gasteiger partial charge in [-0.15, -0.1) is 0 Å². The Labute approximate surface area is 184 Å². The van der Waals surface area contributed by atoms with Crippen LogP contribution in [0.4, 0.5) is 5.69 Å². The maximum Gasteiger partial charge on any atom is 0.332 e. The Morgan fingerprint density at radius 3 is 2.62 bits per heavy atom. The van der Waals surface area contributed by atoms with E-state index in [0.29, 0.717) is 17.4 Å². The quantitative estimate of drug-likeness (QED) is 0.628. The number of rotatable bonds is 5. The number of carbonyl (C=O) groups excluding carboxylic acids is 2. The van der Waals surface area contributed by atoms with Gasteiger partial charge in [0, 0.05) is 26.3 Å². The van der Waals surface area contributed by atoms with E-state index in [-0.39, 0.29) is 29.7 Å². The fraction of sp³-hybridized carbons (Fsp3) is 0.348. The van der Waals surface area contributed by atoms with Crippen molar-refractivity contribution in [2.45, 2.75) is 32.6 Å². The van der Waals surface area contributed by atoms with E-state index in [1.54, 1.807) is 6.92 Å². The summed E-state index contributed by atoms with van der Waals surface area (Å²) in [6, 6.07) is 7.49. The first-order valence-electron chi connectivity index (χ1n) is 10.5. The zero-order valence-electron chi connectivity index (χ0n) is 18.5. The number of nitrogens with zero attached hydrogens (tertiary/aromatic N) is 3. The molecule has 0 radical (unpaired) electrons. The van der Waals surface area contributed by atoms with E-state index in [4.69, 9.17) is 0 Å². The van der Waals surface area contributed by atoms with Crippen LogP contribution in [0.5, 0.6) is 0 Å². The lowest BCUT2D eigenvalue weighted by molar-refractivity contribution is -0.117. The van der Waals surface area contributed by atoms with Gasteiger partial charge in [0.1, 0.15) is 11.3 Å². The summed E-state index contributed by atoms with van der Waals surface area (Å²) in [6.45, 7) is 4.05. The van der Waals surface area contributed by atoms with Gasteiger partial charge in [0.15, 0.2) is 0 Å². The Hall–Kier alpha value is -3.75. The molecule has 2 N–H and O–H groups in total. The van der Waals surface area contributed by atoms with Crippen LogP contribution >= 0.6 is 0 Å². The second-order valence-corrected chi connectivity index (χ2v) is 8.09. The average Bonchev–Trinajstić information content (AvgIpc) is 3.09. The van der Waals surface area contributed by atoms with Crippen LogP contribution in [-0.4, -0.2) is 32.5 Å². The van der Waals surface area contributed by atoms with Gasteiger partial charge in [0.05, 0.1) is 11.3 Å². The van der Waals surface area contributed by atoms with Crippen molar-refractivity contribution in [3.8, 4) is 0 Å². The molecule has 0 spiro atoms. The van der Waals surface area contributed by atoms with Gasteiger partial charge in [0.2, 0.25) is 5.91 Å². The first-order chi connectivity index (χ1) is 15.2. The van der Waals surface area contributed by atoms with Crippen molar-refractivity contribution < 1.29 is 9.59 Å². The molecule has 3 aromatic rings. The van der Waals surface area contributed by atoms with Crippen LogP contribution in [0.25, 0.3) is 11.0 Å². The summed E-state index contributed by atoms with van der Waals surface area (Å²) in [5.74, 6) is -0.830. The number of aryl methyl sites for hydroxylation is 3. The standard InChI is InChI=1S/C23H25N5O4/c1-5-13-6-7-16-15(11-13)14(20(29)26-16)8-9-24-21(30)17-10-12(2)18-19(25-17)27(3)23(32)28(4)22(18)31/h6-7,10-11,14H,5,8-9H2,1-4H3,(H,24,30)(H,26,29). The van der Waals surface area contributed by atoms with E-state index in [1.807, 2.05) is 18.2 Å². The van der Waals surface area contributed by atoms with Gasteiger partial charge in [-0.3, -0.25) is 23.5 Å². The number of benzene rings is 1. The van der Waals surface area contributed by atoms with E-state index >= 15 is 0 Å². The molecule has 3 heterocycles. The second-order valence-electron chi connectivity index (χ2n) is 8.09. The van der Waals surface area contributed by atoms with Crippen LogP contribution < -0.4 is 21.9 Å². The Morgan fingerprint density at radius 2 is 1.91 bits per heavy atom. The maximum absolute atomic E-state index is 12.7. The molecule has 0 saturated carbocycles. The Bertz CT molecular complexity index is 1390. The Morgan fingerprint density at radius 1 is 1.16 bits per heavy atom. The normalized spacial score (nSPS) is 15.0. The highest BCUT2D eigenvalue weighted by Crippen LogP contribution is 2.35. The highest BCUT2D eigenvalue weighted by atomic mass is 16.2. The summed E-state index contributed by atoms with van der Waals surface area (Å²) >= 11 is 0. The van der Waals surface area contributed by atoms with Crippen molar-refractivity contribution in [3.63, 3.8) is 0 Å². The predicted octanol–water partition coefficient (Wildman–Crippen LogP) is 1.36. The lowest BCUT2D eigenvalue weighted by atomic mass is 9.95. The molecule has 1 atom stereocenters. The molecule has 2 amide bonds. The fourth-order valence-electron chi connectivity index (χ4n) is 4.15. The van der Waals surface area contributed by atoms with Gasteiger partial charge in [-0.1, -0.05) is 19.1 Å². The van der Waals surface area contributed by atoms with Crippen molar-refractivity contribution in [2.75, 3.05) is 11.9 Å². The SMILES string of the molecule is CCc1ccc2c(c1)C(CCNC(=O)c1cc(C)c3c(=O)n(C)c(=O)n(C)c3n1)C(=O)N2. The third kappa shape index (κ3) is 3.49. The van der Waals surface area contributed by atoms with Gasteiger partial charge < -0.3 is 10.6 Å². The molecule has 2 aromatic heterocycles. The molecule has 1 aromatic carbocycles. The topological polar surface area (TPSA) is 115 Å². The molecule has 9 heteroatoms. The number of fused-ring (bicyclic) bond motifs is 2. The fourth-order valence-corrected chi connectivity index (χ4v) is 4.15. The molecule has 0 saturated heterocycles. The Balaban J connectivity index is 1.54. The summed E-state index contributed by atoms with van der Waals surface area (Å²) in [7, 11) is 2.92. The first-order valence-corrected chi connectivity index (χ1v) is 10.5. The second kappa shape index (κ2) is 8.07. The predicted molar refractivity (Wildman–Crippen MR) is 121 cm³/mol. The van der Waals surface area contributed by atoms with E-state index in [0.717, 1.165) is 27.8 Å². The summed E-state index contributed by atoms with van der Waals surface area (Å²) < 4.78 is 2.27. The summed E-state index contributed by atoms with van der Waals surface area (Å²) in [5, 5.41) is 6.00. The molecule has 1 aliphatic rings. The molecule has 32 heavy (non-hydrogen) atoms. The molecule has 1 unspecified atom stereocenters. The van der Waals surface area contributed by atoms with E-state index in [1.165, 1.54) is 24.7 Å². The summed E-state index contributed by atoms with van der Waals surface area (Å²) in [4.78, 5) is 54.1. The minimum Gasteiger partial charge on any atom is -0.351 e. The van der Waals surface area contributed by atoms with Gasteiger partial charge >= 0.3 is 5.69 Å². The zero-order valence-corrected chi connectivity index (χ0v) is 18.5. The van der Waals surface area contributed by atoms with Crippen LogP contribution in [0.3, 0.4) is 0 Å². The number of pyridine rings is 1. The van der Waals surface area contributed by atoms with Gasteiger partial charge in [-0.2, -0.15) is 0 Å². The number of carbonyl (C=O) groups is 2. The third-order valence-electron chi connectivity index (χ3n) is 6.03. The summed E-state index contributed by atoms with van der Waals surface area (Å²) in [6.07, 6.45) is 1.33. The van der Waals surface area contributed by atoms with Gasteiger partial charge in [-0.05, 0) is 48.6 Å². The number of hydrogen-bond acceptors (Lipinski definition) is 5. The van der Waals surface area contributed by atoms with E-state index < -0.39 is 17.2 Å². The molecule has 0 bridgehead atoms. The van der Waals surface area contributed by atoms with Crippen molar-refractivity contribution >= 4 is 28.5 Å². The van der Waals surface area contributed by atoms with Crippen LogP contribution in [0, 0.1) is 6.92 Å². The van der Waals surface area contributed by atoms with Crippen molar-refractivity contribution in [1.29, 1.82) is 0 Å². The highest BCUT2D eigenvalue weighted by Gasteiger charge is 2.30. The number of anilines is 1. The number of hydrogen-bond donors (Lipinski definition) is 2. The lowest BCUT2D eigenvalue weighted by Crippen LogP contribution is -2.38. The number of amides is 2. The van der Waals surface area contributed by atoms with Crippen molar-refractivity contribution in [2.24, 2.45) is 14.1 Å². The monoisotopic (exact) mass is 435 g/mol. The molecule has 9 nitrogen and oxygen atoms in total. The zero-order chi connectivity index (χ0) is 23.2. The largest absolute Gasteiger partial charge is 0.351 e. The minimum atomic E-state index is -0.510. The average molecular weight is 435 g/mol. The van der Waals surface area contributed by atoms with Crippen LogP contribution in [0.15, 0.2) is 33.9 Å². The number of nitrogens with one attached hydrogen (secondary N) is 2. The highest BCUT2D eigenvalue weighted by molar-refractivity contribution is 6.03. The smallest absolute Gasteiger partial charge is 0.332 e. The molecular weight excluding hydrogens is 410 g/mol. The minimum absolute atomic E-state index is 0.0759. The van der Waals surface area contributed by atoms with Crippen LogP contribution in [0.2, 0.25) is 0 Å². The summed E-state index contributed by atoms with van der Waals surface area (Å²) in [5.41, 5.74) is 2.81. The molecular formula is C23H25N5O4. The van der Waals surface area contributed by atoms with Crippen molar-refractivity contribution in [3.05, 3.63) is 67.5 Å². The Kier molecular flexibility index (Phi) is 5.41. The molecule has 166 valence electrons. The molecule has 0 fully saturated rings.